The molecule has 0 radical (unpaired) electrons. The van der Waals surface area contributed by atoms with Crippen molar-refractivity contribution in [2.45, 2.75) is 45.7 Å². The van der Waals surface area contributed by atoms with Gasteiger partial charge in [-0.05, 0) is 43.9 Å². The number of hydrogen-bond acceptors (Lipinski definition) is 5. The molecule has 3 rings (SSSR count). The van der Waals surface area contributed by atoms with Gasteiger partial charge in [-0.2, -0.15) is 0 Å². The lowest BCUT2D eigenvalue weighted by atomic mass is 9.91. The summed E-state index contributed by atoms with van der Waals surface area (Å²) in [5, 5.41) is 7.84. The predicted octanol–water partition coefficient (Wildman–Crippen LogP) is 2.49. The molecule has 3 unspecified atom stereocenters. The van der Waals surface area contributed by atoms with E-state index in [2.05, 4.69) is 27.6 Å². The first-order chi connectivity index (χ1) is 12.8. The third-order valence-corrected chi connectivity index (χ3v) is 5.65. The highest BCUT2D eigenvalue weighted by Gasteiger charge is 2.32. The van der Waals surface area contributed by atoms with Crippen molar-refractivity contribution in [3.63, 3.8) is 0 Å². The number of nitrogens with one attached hydrogen (secondary N) is 2. The molecule has 1 aliphatic heterocycles. The molecule has 0 aliphatic carbocycles. The molecule has 7 heteroatoms. The summed E-state index contributed by atoms with van der Waals surface area (Å²) in [6, 6.07) is 6.25. The van der Waals surface area contributed by atoms with Gasteiger partial charge in [0.1, 0.15) is 5.71 Å². The van der Waals surface area contributed by atoms with Gasteiger partial charge in [-0.25, -0.2) is 9.59 Å². The summed E-state index contributed by atoms with van der Waals surface area (Å²) in [5.41, 5.74) is 2.92. The van der Waals surface area contributed by atoms with Crippen molar-refractivity contribution in [1.29, 1.82) is 5.41 Å². The Bertz CT molecular complexity index is 914. The second-order valence-electron chi connectivity index (χ2n) is 7.67. The highest BCUT2D eigenvalue weighted by molar-refractivity contribution is 6.35. The summed E-state index contributed by atoms with van der Waals surface area (Å²) < 4.78 is 6.54. The lowest BCUT2D eigenvalue weighted by Gasteiger charge is -2.40. The van der Waals surface area contributed by atoms with Crippen LogP contribution in [-0.4, -0.2) is 52.4 Å². The van der Waals surface area contributed by atoms with Crippen molar-refractivity contribution < 1.29 is 9.53 Å². The second-order valence-corrected chi connectivity index (χ2v) is 7.67. The number of ether oxygens (including phenoxy) is 1. The Morgan fingerprint density at radius 1 is 1.44 bits per heavy atom. The first-order valence-electron chi connectivity index (χ1n) is 9.42. The van der Waals surface area contributed by atoms with Crippen molar-refractivity contribution in [3.8, 4) is 0 Å². The molecule has 0 saturated carbocycles. The smallest absolute Gasteiger partial charge is 0.351 e. The largest absolute Gasteiger partial charge is 0.465 e. The van der Waals surface area contributed by atoms with Crippen molar-refractivity contribution in [2.24, 2.45) is 5.92 Å². The molecule has 1 aromatic carbocycles. The maximum absolute atomic E-state index is 12.6. The fourth-order valence-electron chi connectivity index (χ4n) is 4.14. The zero-order valence-electron chi connectivity index (χ0n) is 16.4. The molecule has 2 N–H and O–H groups in total. The Morgan fingerprint density at radius 3 is 2.85 bits per heavy atom. The number of carbonyl (C=O) groups excluding carboxylic acids is 1. The highest BCUT2D eigenvalue weighted by Crippen LogP contribution is 2.31. The van der Waals surface area contributed by atoms with Crippen molar-refractivity contribution >= 4 is 22.7 Å². The average Bonchev–Trinajstić information content (AvgIpc) is 2.95. The number of H-pyrrole nitrogens is 1. The van der Waals surface area contributed by atoms with Crippen LogP contribution in [0.2, 0.25) is 0 Å². The number of carbonyl (C=O) groups is 1. The van der Waals surface area contributed by atoms with Crippen LogP contribution in [0.3, 0.4) is 0 Å². The number of piperidine rings is 1. The minimum atomic E-state index is -0.564. The lowest BCUT2D eigenvalue weighted by molar-refractivity contribution is -0.133. The second kappa shape index (κ2) is 7.68. The molecule has 1 aromatic heterocycles. The molecule has 1 aliphatic rings. The number of imidazole rings is 1. The molecule has 7 nitrogen and oxygen atoms in total. The minimum Gasteiger partial charge on any atom is -0.465 e. The van der Waals surface area contributed by atoms with E-state index in [4.69, 9.17) is 5.41 Å². The van der Waals surface area contributed by atoms with Crippen LogP contribution in [0.1, 0.15) is 38.3 Å². The number of likely N-dealkylation sites (tertiary alicyclic amines) is 1. The van der Waals surface area contributed by atoms with Gasteiger partial charge in [-0.1, -0.05) is 13.0 Å². The van der Waals surface area contributed by atoms with Gasteiger partial charge < -0.3 is 9.72 Å². The Balaban J connectivity index is 1.75. The number of methoxy groups -OCH3 is 1. The topological polar surface area (TPSA) is 91.2 Å². The van der Waals surface area contributed by atoms with Crippen LogP contribution < -0.4 is 5.69 Å². The third-order valence-electron chi connectivity index (χ3n) is 5.65. The van der Waals surface area contributed by atoms with Crippen LogP contribution in [0, 0.1) is 18.3 Å². The van der Waals surface area contributed by atoms with Crippen molar-refractivity contribution in [2.75, 3.05) is 20.2 Å². The van der Waals surface area contributed by atoms with E-state index in [0.29, 0.717) is 6.42 Å². The van der Waals surface area contributed by atoms with Gasteiger partial charge in [0.2, 0.25) is 0 Å². The van der Waals surface area contributed by atoms with Gasteiger partial charge in [0.25, 0.3) is 0 Å². The SMILES string of the molecule is COC(=O)C(=N)CC(C)N1CCC(n2c(=O)[nH]c3ccc(C)cc32)C(C)C1. The van der Waals surface area contributed by atoms with Gasteiger partial charge in [-0.3, -0.25) is 14.9 Å². The quantitative estimate of drug-likeness (QED) is 0.623. The normalized spacial score (nSPS) is 21.9. The Kier molecular flexibility index (Phi) is 5.51. The summed E-state index contributed by atoms with van der Waals surface area (Å²) in [6.07, 6.45) is 1.23. The van der Waals surface area contributed by atoms with Crippen LogP contribution in [0.4, 0.5) is 0 Å². The average molecular weight is 372 g/mol. The molecule has 0 spiro atoms. The molecule has 27 heavy (non-hydrogen) atoms. The van der Waals surface area contributed by atoms with E-state index in [1.807, 2.05) is 30.5 Å². The fourth-order valence-corrected chi connectivity index (χ4v) is 4.14. The molecule has 0 bridgehead atoms. The number of nitrogens with zero attached hydrogens (tertiary/aromatic N) is 2. The maximum Gasteiger partial charge on any atom is 0.351 e. The van der Waals surface area contributed by atoms with E-state index in [0.717, 1.165) is 36.1 Å². The molecular formula is C20H28N4O3. The minimum absolute atomic E-state index is 0.00287. The van der Waals surface area contributed by atoms with Crippen LogP contribution >= 0.6 is 0 Å². The number of benzene rings is 1. The molecule has 0 amide bonds. The lowest BCUT2D eigenvalue weighted by Crippen LogP contribution is -2.46. The Hall–Kier alpha value is -2.41. The highest BCUT2D eigenvalue weighted by atomic mass is 16.5. The van der Waals surface area contributed by atoms with Gasteiger partial charge >= 0.3 is 11.7 Å². The maximum atomic E-state index is 12.6. The van der Waals surface area contributed by atoms with E-state index in [9.17, 15) is 9.59 Å². The van der Waals surface area contributed by atoms with E-state index >= 15 is 0 Å². The Morgan fingerprint density at radius 2 is 2.19 bits per heavy atom. The zero-order valence-corrected chi connectivity index (χ0v) is 16.4. The summed E-state index contributed by atoms with van der Waals surface area (Å²) in [4.78, 5) is 29.3. The van der Waals surface area contributed by atoms with Gasteiger partial charge in [-0.15, -0.1) is 0 Å². The van der Waals surface area contributed by atoms with Gasteiger partial charge in [0, 0.05) is 31.6 Å². The van der Waals surface area contributed by atoms with Crippen LogP contribution in [0.25, 0.3) is 11.0 Å². The summed E-state index contributed by atoms with van der Waals surface area (Å²) in [6.45, 7) is 7.88. The molecule has 3 atom stereocenters. The van der Waals surface area contributed by atoms with E-state index in [1.165, 1.54) is 7.11 Å². The van der Waals surface area contributed by atoms with Crippen LogP contribution in [-0.2, 0) is 9.53 Å². The number of aromatic nitrogens is 2. The number of rotatable bonds is 5. The molecular weight excluding hydrogens is 344 g/mol. The number of esters is 1. The zero-order chi connectivity index (χ0) is 19.7. The molecule has 146 valence electrons. The van der Waals surface area contributed by atoms with Crippen molar-refractivity contribution in [1.82, 2.24) is 14.5 Å². The van der Waals surface area contributed by atoms with Gasteiger partial charge in [0.05, 0.1) is 18.1 Å². The molecule has 2 heterocycles. The third kappa shape index (κ3) is 3.83. The monoisotopic (exact) mass is 372 g/mol. The molecule has 1 fully saturated rings. The van der Waals surface area contributed by atoms with Crippen LogP contribution in [0.5, 0.6) is 0 Å². The predicted molar refractivity (Wildman–Crippen MR) is 106 cm³/mol. The standard InChI is InChI=1S/C20H28N4O3/c1-12-5-6-16-18(9-12)24(20(26)22-16)17-7-8-23(11-13(17)2)14(3)10-15(21)19(25)27-4/h5-6,9,13-14,17,21H,7-8,10-11H2,1-4H3,(H,22,26). The summed E-state index contributed by atoms with van der Waals surface area (Å²) in [7, 11) is 1.30. The van der Waals surface area contributed by atoms with Crippen molar-refractivity contribution in [3.05, 3.63) is 34.2 Å². The number of aromatic amines is 1. The number of hydrogen-bond donors (Lipinski definition) is 2. The number of fused-ring (bicyclic) bond motifs is 1. The van der Waals surface area contributed by atoms with Gasteiger partial charge in [0.15, 0.2) is 0 Å². The molecule has 2 aromatic rings. The summed E-state index contributed by atoms with van der Waals surface area (Å²) >= 11 is 0. The van der Waals surface area contributed by atoms with Crippen LogP contribution in [0.15, 0.2) is 23.0 Å². The van der Waals surface area contributed by atoms with E-state index in [1.54, 1.807) is 0 Å². The van der Waals surface area contributed by atoms with E-state index in [-0.39, 0.29) is 29.4 Å². The van der Waals surface area contributed by atoms with E-state index < -0.39 is 5.97 Å². The summed E-state index contributed by atoms with van der Waals surface area (Å²) in [5.74, 6) is -0.281. The molecule has 1 saturated heterocycles. The fraction of sp³-hybridized carbons (Fsp3) is 0.550. The Labute approximate surface area is 158 Å². The first-order valence-corrected chi connectivity index (χ1v) is 9.42. The number of aryl methyl sites for hydroxylation is 1. The first kappa shape index (κ1) is 19.4.